The van der Waals surface area contributed by atoms with Crippen LogP contribution in [0.5, 0.6) is 5.75 Å². The van der Waals surface area contributed by atoms with E-state index in [0.717, 1.165) is 52.3 Å². The molecule has 5 nitrogen and oxygen atoms in total. The summed E-state index contributed by atoms with van der Waals surface area (Å²) in [6, 6.07) is 10.1. The number of ether oxygens (including phenoxy) is 1. The number of piperidine rings is 1. The highest BCUT2D eigenvalue weighted by molar-refractivity contribution is 9.10. The molecule has 0 atom stereocenters. The van der Waals surface area contributed by atoms with Crippen LogP contribution in [0.15, 0.2) is 41.0 Å². The van der Waals surface area contributed by atoms with Crippen molar-refractivity contribution in [1.82, 2.24) is 19.9 Å². The van der Waals surface area contributed by atoms with Crippen LogP contribution >= 0.6 is 15.9 Å². The van der Waals surface area contributed by atoms with Gasteiger partial charge in [0.15, 0.2) is 5.65 Å². The Bertz CT molecular complexity index is 856. The number of pyridine rings is 1. The van der Waals surface area contributed by atoms with E-state index in [9.17, 15) is 0 Å². The van der Waals surface area contributed by atoms with Gasteiger partial charge in [0.1, 0.15) is 11.6 Å². The number of hydrogen-bond donors (Lipinski definition) is 1. The predicted molar refractivity (Wildman–Crippen MR) is 107 cm³/mol. The highest BCUT2D eigenvalue weighted by Crippen LogP contribution is 2.23. The van der Waals surface area contributed by atoms with Gasteiger partial charge in [0.2, 0.25) is 0 Å². The Morgan fingerprint density at radius 1 is 1.12 bits per heavy atom. The third kappa shape index (κ3) is 4.24. The number of nitrogens with zero attached hydrogens (tertiary/aromatic N) is 3. The average Bonchev–Trinajstić information content (AvgIpc) is 3.10. The molecule has 0 aliphatic carbocycles. The van der Waals surface area contributed by atoms with Gasteiger partial charge in [-0.3, -0.25) is 0 Å². The maximum atomic E-state index is 5.89. The summed E-state index contributed by atoms with van der Waals surface area (Å²) in [7, 11) is 0. The monoisotopic (exact) mass is 414 g/mol. The van der Waals surface area contributed by atoms with Crippen LogP contribution in [-0.4, -0.2) is 46.1 Å². The smallest absolute Gasteiger partial charge is 0.178 e. The Labute approximate surface area is 161 Å². The second kappa shape index (κ2) is 8.18. The topological polar surface area (TPSA) is 54.0 Å². The predicted octanol–water partition coefficient (Wildman–Crippen LogP) is 4.64. The number of fused-ring (bicyclic) bond motifs is 1. The normalized spacial score (nSPS) is 15.4. The third-order valence-electron chi connectivity index (χ3n) is 4.77. The number of H-pyrrole nitrogens is 1. The van der Waals surface area contributed by atoms with Crippen molar-refractivity contribution in [2.24, 2.45) is 0 Å². The minimum absolute atomic E-state index is 0.723. The Balaban J connectivity index is 1.32. The van der Waals surface area contributed by atoms with Crippen molar-refractivity contribution in [2.45, 2.75) is 25.7 Å². The summed E-state index contributed by atoms with van der Waals surface area (Å²) in [6.45, 7) is 4.40. The minimum Gasteiger partial charge on any atom is -0.494 e. The summed E-state index contributed by atoms with van der Waals surface area (Å²) >= 11 is 3.43. The van der Waals surface area contributed by atoms with Crippen molar-refractivity contribution >= 4 is 27.1 Å². The fourth-order valence-electron chi connectivity index (χ4n) is 3.38. The summed E-state index contributed by atoms with van der Waals surface area (Å²) in [4.78, 5) is 14.7. The summed E-state index contributed by atoms with van der Waals surface area (Å²) in [5.41, 5.74) is 2.67. The fraction of sp³-hybridized carbons (Fsp3) is 0.400. The first kappa shape index (κ1) is 17.5. The molecule has 3 heterocycles. The van der Waals surface area contributed by atoms with Crippen LogP contribution in [0.25, 0.3) is 22.6 Å². The van der Waals surface area contributed by atoms with Gasteiger partial charge in [0.05, 0.1) is 12.1 Å². The number of nitrogens with one attached hydrogen (secondary N) is 1. The lowest BCUT2D eigenvalue weighted by atomic mass is 10.1. The standard InChI is InChI=1S/C20H23BrN4O/c21-16-13-18-20(22-14-16)24-19(23-18)15-5-7-17(8-6-15)26-12-4-11-25-9-2-1-3-10-25/h5-8,13-14H,1-4,9-12H2,(H,22,23,24). The number of benzene rings is 1. The number of aromatic amines is 1. The molecule has 0 radical (unpaired) electrons. The molecule has 1 aliphatic rings. The minimum atomic E-state index is 0.723. The molecule has 0 spiro atoms. The van der Waals surface area contributed by atoms with Crippen molar-refractivity contribution in [2.75, 3.05) is 26.2 Å². The molecule has 0 bridgehead atoms. The molecule has 1 saturated heterocycles. The molecule has 136 valence electrons. The highest BCUT2D eigenvalue weighted by Gasteiger charge is 2.09. The Kier molecular flexibility index (Phi) is 5.51. The van der Waals surface area contributed by atoms with Crippen molar-refractivity contribution < 1.29 is 4.74 Å². The number of halogens is 1. The third-order valence-corrected chi connectivity index (χ3v) is 5.20. The lowest BCUT2D eigenvalue weighted by Gasteiger charge is -2.26. The Morgan fingerprint density at radius 2 is 1.92 bits per heavy atom. The van der Waals surface area contributed by atoms with E-state index in [1.54, 1.807) is 6.20 Å². The molecule has 3 aromatic rings. The Hall–Kier alpha value is -1.92. The van der Waals surface area contributed by atoms with Crippen molar-refractivity contribution in [1.29, 1.82) is 0 Å². The van der Waals surface area contributed by atoms with Crippen molar-refractivity contribution in [3.8, 4) is 17.1 Å². The van der Waals surface area contributed by atoms with Crippen LogP contribution in [0.3, 0.4) is 0 Å². The van der Waals surface area contributed by atoms with Crippen LogP contribution in [-0.2, 0) is 0 Å². The summed E-state index contributed by atoms with van der Waals surface area (Å²) in [5, 5.41) is 0. The van der Waals surface area contributed by atoms with E-state index < -0.39 is 0 Å². The Morgan fingerprint density at radius 3 is 2.73 bits per heavy atom. The largest absolute Gasteiger partial charge is 0.494 e. The van der Waals surface area contributed by atoms with E-state index in [4.69, 9.17) is 4.74 Å². The molecule has 6 heteroatoms. The molecule has 2 aromatic heterocycles. The molecule has 1 fully saturated rings. The zero-order valence-electron chi connectivity index (χ0n) is 14.7. The summed E-state index contributed by atoms with van der Waals surface area (Å²) < 4.78 is 6.83. The molecule has 1 aromatic carbocycles. The van der Waals surface area contributed by atoms with Gasteiger partial charge < -0.3 is 14.6 Å². The number of likely N-dealkylation sites (tertiary alicyclic amines) is 1. The SMILES string of the molecule is Brc1cnc2nc(-c3ccc(OCCCN4CCCCC4)cc3)[nH]c2c1. The molecule has 0 unspecified atom stereocenters. The second-order valence-corrected chi connectivity index (χ2v) is 7.65. The van der Waals surface area contributed by atoms with Crippen LogP contribution in [0.2, 0.25) is 0 Å². The van der Waals surface area contributed by atoms with Crippen LogP contribution in [0.1, 0.15) is 25.7 Å². The average molecular weight is 415 g/mol. The van der Waals surface area contributed by atoms with Crippen LogP contribution in [0.4, 0.5) is 0 Å². The molecule has 1 N–H and O–H groups in total. The molecule has 1 aliphatic heterocycles. The van der Waals surface area contributed by atoms with Crippen molar-refractivity contribution in [3.05, 3.63) is 41.0 Å². The highest BCUT2D eigenvalue weighted by atomic mass is 79.9. The maximum absolute atomic E-state index is 5.89. The first-order valence-electron chi connectivity index (χ1n) is 9.25. The zero-order valence-corrected chi connectivity index (χ0v) is 16.3. The first-order valence-corrected chi connectivity index (χ1v) is 10.0. The molecular formula is C20H23BrN4O. The van der Waals surface area contributed by atoms with Gasteiger partial charge >= 0.3 is 0 Å². The molecular weight excluding hydrogens is 392 g/mol. The summed E-state index contributed by atoms with van der Waals surface area (Å²) in [5.74, 6) is 1.73. The van der Waals surface area contributed by atoms with Crippen molar-refractivity contribution in [3.63, 3.8) is 0 Å². The maximum Gasteiger partial charge on any atom is 0.178 e. The van der Waals surface area contributed by atoms with Gasteiger partial charge in [-0.2, -0.15) is 0 Å². The quantitative estimate of drug-likeness (QED) is 0.596. The number of rotatable bonds is 6. The van der Waals surface area contributed by atoms with Gasteiger partial charge in [-0.05, 0) is 78.6 Å². The van der Waals surface area contributed by atoms with E-state index in [0.29, 0.717) is 0 Å². The van der Waals surface area contributed by atoms with Gasteiger partial charge in [-0.1, -0.05) is 6.42 Å². The summed E-state index contributed by atoms with van der Waals surface area (Å²) in [6.07, 6.45) is 6.91. The van der Waals surface area contributed by atoms with E-state index in [-0.39, 0.29) is 0 Å². The van der Waals surface area contributed by atoms with E-state index in [2.05, 4.69) is 35.8 Å². The fourth-order valence-corrected chi connectivity index (χ4v) is 3.71. The van der Waals surface area contributed by atoms with E-state index >= 15 is 0 Å². The molecule has 0 saturated carbocycles. The van der Waals surface area contributed by atoms with Gasteiger partial charge in [0, 0.05) is 22.8 Å². The lowest BCUT2D eigenvalue weighted by Crippen LogP contribution is -2.31. The van der Waals surface area contributed by atoms with Gasteiger partial charge in [0.25, 0.3) is 0 Å². The van der Waals surface area contributed by atoms with Gasteiger partial charge in [-0.15, -0.1) is 0 Å². The van der Waals surface area contributed by atoms with E-state index in [1.165, 1.54) is 32.4 Å². The molecule has 0 amide bonds. The zero-order chi connectivity index (χ0) is 17.8. The number of imidazole rings is 1. The van der Waals surface area contributed by atoms with Gasteiger partial charge in [-0.25, -0.2) is 9.97 Å². The number of aromatic nitrogens is 3. The molecule has 4 rings (SSSR count). The lowest BCUT2D eigenvalue weighted by molar-refractivity contribution is 0.205. The molecule has 26 heavy (non-hydrogen) atoms. The van der Waals surface area contributed by atoms with Crippen LogP contribution in [0, 0.1) is 0 Å². The number of hydrogen-bond acceptors (Lipinski definition) is 4. The van der Waals surface area contributed by atoms with E-state index in [1.807, 2.05) is 30.3 Å². The second-order valence-electron chi connectivity index (χ2n) is 6.74. The first-order chi connectivity index (χ1) is 12.8. The van der Waals surface area contributed by atoms with Crippen LogP contribution < -0.4 is 4.74 Å².